The van der Waals surface area contributed by atoms with E-state index in [9.17, 15) is 14.9 Å². The van der Waals surface area contributed by atoms with Crippen molar-refractivity contribution in [3.63, 3.8) is 0 Å². The number of amides is 1. The zero-order chi connectivity index (χ0) is 18.0. The van der Waals surface area contributed by atoms with Gasteiger partial charge in [0, 0.05) is 16.6 Å². The summed E-state index contributed by atoms with van der Waals surface area (Å²) in [7, 11) is 0. The van der Waals surface area contributed by atoms with Crippen LogP contribution in [0.3, 0.4) is 0 Å². The molecule has 0 atom stereocenters. The summed E-state index contributed by atoms with van der Waals surface area (Å²) in [6.07, 6.45) is 0. The molecule has 0 saturated heterocycles. The number of hydrogen-bond donors (Lipinski definition) is 2. The third kappa shape index (κ3) is 4.18. The van der Waals surface area contributed by atoms with Crippen molar-refractivity contribution < 1.29 is 9.72 Å². The van der Waals surface area contributed by atoms with Gasteiger partial charge in [-0.15, -0.1) is 0 Å². The van der Waals surface area contributed by atoms with Crippen LogP contribution in [0.2, 0.25) is 0 Å². The fourth-order valence-electron chi connectivity index (χ4n) is 2.21. The third-order valence-corrected chi connectivity index (χ3v) is 4.83. The van der Waals surface area contributed by atoms with Gasteiger partial charge in [0.25, 0.3) is 5.69 Å². The fourth-order valence-corrected chi connectivity index (χ4v) is 3.25. The maximum atomic E-state index is 12.1. The number of anilines is 1. The number of carbonyl (C=O) groups excluding carboxylic acids is 1. The Hall–Kier alpha value is -2.39. The molecular formula is C16H13BrN4O3S. The first-order valence-electron chi connectivity index (χ1n) is 7.25. The summed E-state index contributed by atoms with van der Waals surface area (Å²) >= 11 is 4.66. The Balaban J connectivity index is 1.66. The topological polar surface area (TPSA) is 101 Å². The number of aryl methyl sites for hydroxylation is 1. The summed E-state index contributed by atoms with van der Waals surface area (Å²) in [5, 5.41) is 14.2. The lowest BCUT2D eigenvalue weighted by molar-refractivity contribution is -0.384. The Morgan fingerprint density at radius 1 is 1.36 bits per heavy atom. The maximum Gasteiger partial charge on any atom is 0.271 e. The number of nitrogens with one attached hydrogen (secondary N) is 2. The Kier molecular flexibility index (Phi) is 5.05. The molecule has 2 N–H and O–H groups in total. The van der Waals surface area contributed by atoms with E-state index in [1.807, 2.05) is 18.2 Å². The summed E-state index contributed by atoms with van der Waals surface area (Å²) in [5.74, 6) is -0.112. The van der Waals surface area contributed by atoms with Crippen molar-refractivity contribution in [2.75, 3.05) is 11.1 Å². The number of nitrogens with zero attached hydrogens (tertiary/aromatic N) is 2. The van der Waals surface area contributed by atoms with Crippen molar-refractivity contribution in [1.82, 2.24) is 9.97 Å². The average molecular weight is 421 g/mol. The molecule has 1 aromatic heterocycles. The molecule has 0 aliphatic carbocycles. The number of thioether (sulfide) groups is 1. The van der Waals surface area contributed by atoms with Crippen LogP contribution in [0.4, 0.5) is 11.4 Å². The number of carbonyl (C=O) groups is 1. The predicted molar refractivity (Wildman–Crippen MR) is 101 cm³/mol. The third-order valence-electron chi connectivity index (χ3n) is 3.47. The summed E-state index contributed by atoms with van der Waals surface area (Å²) in [6, 6.07) is 10.1. The lowest BCUT2D eigenvalue weighted by atomic mass is 10.2. The van der Waals surface area contributed by atoms with E-state index < -0.39 is 4.92 Å². The number of aromatic amines is 1. The van der Waals surface area contributed by atoms with Crippen molar-refractivity contribution in [3.8, 4) is 0 Å². The minimum absolute atomic E-state index is 0.0589. The van der Waals surface area contributed by atoms with E-state index in [2.05, 4.69) is 31.2 Å². The zero-order valence-electron chi connectivity index (χ0n) is 13.1. The molecule has 7 nitrogen and oxygen atoms in total. The molecule has 0 saturated carbocycles. The van der Waals surface area contributed by atoms with Crippen LogP contribution in [0.5, 0.6) is 0 Å². The molecule has 0 aliphatic heterocycles. The van der Waals surface area contributed by atoms with Crippen LogP contribution in [0.15, 0.2) is 46.0 Å². The van der Waals surface area contributed by atoms with Crippen molar-refractivity contribution in [2.24, 2.45) is 0 Å². The molecule has 25 heavy (non-hydrogen) atoms. The second-order valence-corrected chi connectivity index (χ2v) is 7.18. The number of nitro benzene ring substituents is 1. The van der Waals surface area contributed by atoms with Crippen LogP contribution in [-0.2, 0) is 4.79 Å². The van der Waals surface area contributed by atoms with Crippen LogP contribution < -0.4 is 5.32 Å². The van der Waals surface area contributed by atoms with Gasteiger partial charge in [-0.05, 0) is 30.7 Å². The molecule has 0 unspecified atom stereocenters. The monoisotopic (exact) mass is 420 g/mol. The van der Waals surface area contributed by atoms with E-state index in [4.69, 9.17) is 0 Å². The highest BCUT2D eigenvalue weighted by molar-refractivity contribution is 9.10. The predicted octanol–water partition coefficient (Wildman–Crippen LogP) is 4.27. The Morgan fingerprint density at radius 2 is 2.16 bits per heavy atom. The van der Waals surface area contributed by atoms with Gasteiger partial charge >= 0.3 is 0 Å². The first-order chi connectivity index (χ1) is 11.9. The quantitative estimate of drug-likeness (QED) is 0.364. The van der Waals surface area contributed by atoms with Crippen LogP contribution in [0, 0.1) is 17.0 Å². The number of aromatic nitrogens is 2. The Bertz CT molecular complexity index is 973. The second-order valence-electron chi connectivity index (χ2n) is 5.30. The van der Waals surface area contributed by atoms with Gasteiger partial charge in [0.1, 0.15) is 0 Å². The molecule has 3 rings (SSSR count). The number of hydrogen-bond acceptors (Lipinski definition) is 5. The second kappa shape index (κ2) is 7.24. The van der Waals surface area contributed by atoms with Gasteiger partial charge in [0.2, 0.25) is 5.91 Å². The van der Waals surface area contributed by atoms with Crippen molar-refractivity contribution in [1.29, 1.82) is 0 Å². The lowest BCUT2D eigenvalue weighted by Gasteiger charge is -2.07. The molecule has 1 heterocycles. The fraction of sp³-hybridized carbons (Fsp3) is 0.125. The van der Waals surface area contributed by atoms with E-state index >= 15 is 0 Å². The van der Waals surface area contributed by atoms with Gasteiger partial charge in [0.15, 0.2) is 5.16 Å². The number of H-pyrrole nitrogens is 1. The first kappa shape index (κ1) is 17.4. The Morgan fingerprint density at radius 3 is 2.92 bits per heavy atom. The average Bonchev–Trinajstić information content (AvgIpc) is 2.96. The molecule has 3 aromatic rings. The standard InChI is InChI=1S/C16H13BrN4O3S/c1-9-2-4-11(21(23)24)7-13(9)18-15(22)8-25-16-19-12-5-3-10(17)6-14(12)20-16/h2-7H,8H2,1H3,(H,18,22)(H,19,20). The highest BCUT2D eigenvalue weighted by atomic mass is 79.9. The Labute approximate surface area is 155 Å². The van der Waals surface area contributed by atoms with Crippen molar-refractivity contribution >= 4 is 56.0 Å². The minimum Gasteiger partial charge on any atom is -0.333 e. The van der Waals surface area contributed by atoms with Crippen LogP contribution >= 0.6 is 27.7 Å². The number of imidazole rings is 1. The van der Waals surface area contributed by atoms with E-state index in [1.54, 1.807) is 13.0 Å². The van der Waals surface area contributed by atoms with Crippen LogP contribution in [-0.4, -0.2) is 26.6 Å². The molecule has 0 fully saturated rings. The number of halogens is 1. The van der Waals surface area contributed by atoms with Gasteiger partial charge in [-0.25, -0.2) is 4.98 Å². The van der Waals surface area contributed by atoms with E-state index in [0.29, 0.717) is 10.8 Å². The number of non-ortho nitro benzene ring substituents is 1. The van der Waals surface area contributed by atoms with Crippen molar-refractivity contribution in [2.45, 2.75) is 12.1 Å². The normalized spacial score (nSPS) is 10.8. The maximum absolute atomic E-state index is 12.1. The molecule has 1 amide bonds. The van der Waals surface area contributed by atoms with Crippen molar-refractivity contribution in [3.05, 3.63) is 56.5 Å². The summed E-state index contributed by atoms with van der Waals surface area (Å²) in [4.78, 5) is 30.0. The van der Waals surface area contributed by atoms with Gasteiger partial charge in [-0.3, -0.25) is 14.9 Å². The SMILES string of the molecule is Cc1ccc([N+](=O)[O-])cc1NC(=O)CSc1nc2ccc(Br)cc2[nH]1. The molecular weight excluding hydrogens is 408 g/mol. The van der Waals surface area contributed by atoms with Crippen LogP contribution in [0.25, 0.3) is 11.0 Å². The molecule has 0 bridgehead atoms. The van der Waals surface area contributed by atoms with E-state index in [1.165, 1.54) is 23.9 Å². The lowest BCUT2D eigenvalue weighted by Crippen LogP contribution is -2.15. The van der Waals surface area contributed by atoms with Crippen LogP contribution in [0.1, 0.15) is 5.56 Å². The van der Waals surface area contributed by atoms with Gasteiger partial charge in [-0.2, -0.15) is 0 Å². The zero-order valence-corrected chi connectivity index (χ0v) is 15.5. The van der Waals surface area contributed by atoms with E-state index in [0.717, 1.165) is 21.1 Å². The van der Waals surface area contributed by atoms with Gasteiger partial charge < -0.3 is 10.3 Å². The number of rotatable bonds is 5. The smallest absolute Gasteiger partial charge is 0.271 e. The molecule has 0 aliphatic rings. The summed E-state index contributed by atoms with van der Waals surface area (Å²) in [6.45, 7) is 1.78. The molecule has 128 valence electrons. The number of nitro groups is 1. The number of benzene rings is 2. The largest absolute Gasteiger partial charge is 0.333 e. The molecule has 2 aromatic carbocycles. The highest BCUT2D eigenvalue weighted by Crippen LogP contribution is 2.24. The molecule has 9 heteroatoms. The summed E-state index contributed by atoms with van der Waals surface area (Å²) in [5.41, 5.74) is 2.84. The summed E-state index contributed by atoms with van der Waals surface area (Å²) < 4.78 is 0.944. The first-order valence-corrected chi connectivity index (χ1v) is 9.03. The molecule has 0 radical (unpaired) electrons. The number of fused-ring (bicyclic) bond motifs is 1. The highest BCUT2D eigenvalue weighted by Gasteiger charge is 2.12. The van der Waals surface area contributed by atoms with Gasteiger partial charge in [-0.1, -0.05) is 33.8 Å². The molecule has 0 spiro atoms. The van der Waals surface area contributed by atoms with E-state index in [-0.39, 0.29) is 17.3 Å². The minimum atomic E-state index is -0.490. The van der Waals surface area contributed by atoms with Gasteiger partial charge in [0.05, 0.1) is 27.4 Å².